The van der Waals surface area contributed by atoms with Crippen molar-refractivity contribution in [1.82, 2.24) is 4.90 Å². The van der Waals surface area contributed by atoms with Gasteiger partial charge in [0.15, 0.2) is 5.17 Å². The van der Waals surface area contributed by atoms with Gasteiger partial charge in [-0.25, -0.2) is 4.99 Å². The van der Waals surface area contributed by atoms with Crippen molar-refractivity contribution >= 4 is 34.6 Å². The van der Waals surface area contributed by atoms with Crippen LogP contribution in [0.25, 0.3) is 6.08 Å². The van der Waals surface area contributed by atoms with Crippen LogP contribution in [0.15, 0.2) is 58.4 Å². The number of thioether (sulfide) groups is 1. The predicted molar refractivity (Wildman–Crippen MR) is 118 cm³/mol. The van der Waals surface area contributed by atoms with Gasteiger partial charge in [-0.05, 0) is 60.0 Å². The third-order valence-electron chi connectivity index (χ3n) is 4.54. The monoisotopic (exact) mass is 394 g/mol. The van der Waals surface area contributed by atoms with Crippen LogP contribution in [-0.2, 0) is 11.2 Å². The summed E-state index contributed by atoms with van der Waals surface area (Å²) in [7, 11) is 1.77. The number of aliphatic imine (C=N–C) groups is 1. The van der Waals surface area contributed by atoms with Crippen molar-refractivity contribution in [2.24, 2.45) is 4.99 Å². The molecule has 1 saturated heterocycles. The third-order valence-corrected chi connectivity index (χ3v) is 5.60. The first kappa shape index (κ1) is 20.2. The Balaban J connectivity index is 1.76. The molecule has 146 valence electrons. The van der Waals surface area contributed by atoms with E-state index in [1.165, 1.54) is 17.3 Å². The summed E-state index contributed by atoms with van der Waals surface area (Å²) in [4.78, 5) is 19.7. The van der Waals surface area contributed by atoms with E-state index in [0.717, 1.165) is 42.9 Å². The molecule has 2 aromatic rings. The number of nitrogens with zero attached hydrogens (tertiary/aromatic N) is 2. The molecule has 2 aromatic carbocycles. The molecule has 0 N–H and O–H groups in total. The standard InChI is InChI=1S/C23H26N2O2S/c1-4-6-15-27-19-13-11-17(12-14-19)16-21-22(26)25(3)23(28-21)24-20-10-8-7-9-18(20)5-2/h7-14,16H,4-6,15H2,1-3H3/b21-16-,24-23?. The van der Waals surface area contributed by atoms with Crippen LogP contribution in [0.5, 0.6) is 5.75 Å². The maximum Gasteiger partial charge on any atom is 0.266 e. The zero-order valence-corrected chi connectivity index (χ0v) is 17.5. The van der Waals surface area contributed by atoms with Crippen LogP contribution in [0.3, 0.4) is 0 Å². The number of unbranched alkanes of at least 4 members (excludes halogenated alkanes) is 1. The topological polar surface area (TPSA) is 41.9 Å². The Morgan fingerprint density at radius 3 is 2.57 bits per heavy atom. The number of hydrogen-bond acceptors (Lipinski definition) is 4. The fourth-order valence-corrected chi connectivity index (χ4v) is 3.80. The maximum atomic E-state index is 12.6. The number of likely N-dealkylation sites (N-methyl/N-ethyl adjacent to an activating group) is 1. The number of amidine groups is 1. The summed E-state index contributed by atoms with van der Waals surface area (Å²) in [5.41, 5.74) is 3.07. The lowest BCUT2D eigenvalue weighted by Gasteiger charge is -2.08. The van der Waals surface area contributed by atoms with Crippen molar-refractivity contribution in [2.75, 3.05) is 13.7 Å². The van der Waals surface area contributed by atoms with Gasteiger partial charge in [0, 0.05) is 7.05 Å². The summed E-state index contributed by atoms with van der Waals surface area (Å²) in [5.74, 6) is 0.831. The summed E-state index contributed by atoms with van der Waals surface area (Å²) in [6.45, 7) is 4.98. The van der Waals surface area contributed by atoms with E-state index >= 15 is 0 Å². The van der Waals surface area contributed by atoms with E-state index in [-0.39, 0.29) is 5.91 Å². The summed E-state index contributed by atoms with van der Waals surface area (Å²) in [6.07, 6.45) is 4.98. The first-order valence-corrected chi connectivity index (χ1v) is 10.5. The average Bonchev–Trinajstić information content (AvgIpc) is 2.98. The molecule has 0 spiro atoms. The lowest BCUT2D eigenvalue weighted by Crippen LogP contribution is -2.23. The Hall–Kier alpha value is -2.53. The van der Waals surface area contributed by atoms with Crippen LogP contribution in [0.4, 0.5) is 5.69 Å². The predicted octanol–water partition coefficient (Wildman–Crippen LogP) is 5.66. The molecule has 1 aliphatic rings. The molecule has 5 heteroatoms. The number of ether oxygens (including phenoxy) is 1. The number of amides is 1. The molecule has 0 unspecified atom stereocenters. The van der Waals surface area contributed by atoms with E-state index in [1.54, 1.807) is 11.9 Å². The number of hydrogen-bond donors (Lipinski definition) is 0. The van der Waals surface area contributed by atoms with E-state index in [1.807, 2.05) is 48.5 Å². The van der Waals surface area contributed by atoms with Gasteiger partial charge in [0.05, 0.1) is 17.2 Å². The molecule has 1 fully saturated rings. The van der Waals surface area contributed by atoms with Crippen molar-refractivity contribution < 1.29 is 9.53 Å². The second-order valence-electron chi connectivity index (χ2n) is 6.62. The number of aryl methyl sites for hydroxylation is 1. The summed E-state index contributed by atoms with van der Waals surface area (Å²) >= 11 is 1.41. The number of rotatable bonds is 7. The Kier molecular flexibility index (Phi) is 6.93. The molecule has 0 saturated carbocycles. The molecule has 0 atom stereocenters. The molecule has 0 radical (unpaired) electrons. The number of carbonyl (C=O) groups is 1. The molecule has 28 heavy (non-hydrogen) atoms. The lowest BCUT2D eigenvalue weighted by atomic mass is 10.1. The average molecular weight is 395 g/mol. The van der Waals surface area contributed by atoms with Crippen LogP contribution >= 0.6 is 11.8 Å². The van der Waals surface area contributed by atoms with Gasteiger partial charge in [-0.15, -0.1) is 0 Å². The molecule has 1 aliphatic heterocycles. The molecule has 0 aliphatic carbocycles. The first-order chi connectivity index (χ1) is 13.6. The van der Waals surface area contributed by atoms with E-state index in [0.29, 0.717) is 10.1 Å². The second kappa shape index (κ2) is 9.60. The van der Waals surface area contributed by atoms with Crippen LogP contribution in [0.1, 0.15) is 37.8 Å². The highest BCUT2D eigenvalue weighted by Gasteiger charge is 2.30. The summed E-state index contributed by atoms with van der Waals surface area (Å²) in [6, 6.07) is 15.9. The smallest absolute Gasteiger partial charge is 0.266 e. The second-order valence-corrected chi connectivity index (χ2v) is 7.63. The van der Waals surface area contributed by atoms with Gasteiger partial charge in [0.25, 0.3) is 5.91 Å². The Labute approximate surface area is 171 Å². The highest BCUT2D eigenvalue weighted by Crippen LogP contribution is 2.34. The van der Waals surface area contributed by atoms with Gasteiger partial charge >= 0.3 is 0 Å². The minimum atomic E-state index is -0.0269. The summed E-state index contributed by atoms with van der Waals surface area (Å²) < 4.78 is 5.69. The van der Waals surface area contributed by atoms with Gasteiger partial charge in [-0.1, -0.05) is 50.6 Å². The largest absolute Gasteiger partial charge is 0.494 e. The number of carbonyl (C=O) groups excluding carboxylic acids is 1. The molecular weight excluding hydrogens is 368 g/mol. The quantitative estimate of drug-likeness (QED) is 0.449. The minimum absolute atomic E-state index is 0.0269. The van der Waals surface area contributed by atoms with Gasteiger partial charge < -0.3 is 4.74 Å². The Morgan fingerprint density at radius 1 is 1.11 bits per heavy atom. The Morgan fingerprint density at radius 2 is 1.86 bits per heavy atom. The summed E-state index contributed by atoms with van der Waals surface area (Å²) in [5, 5.41) is 0.705. The van der Waals surface area contributed by atoms with Crippen LogP contribution in [0.2, 0.25) is 0 Å². The van der Waals surface area contributed by atoms with E-state index < -0.39 is 0 Å². The van der Waals surface area contributed by atoms with E-state index in [2.05, 4.69) is 19.9 Å². The molecule has 4 nitrogen and oxygen atoms in total. The lowest BCUT2D eigenvalue weighted by molar-refractivity contribution is -0.121. The van der Waals surface area contributed by atoms with Crippen LogP contribution in [-0.4, -0.2) is 29.6 Å². The highest BCUT2D eigenvalue weighted by molar-refractivity contribution is 8.18. The number of para-hydroxylation sites is 1. The maximum absolute atomic E-state index is 12.6. The molecule has 1 amide bonds. The molecule has 3 rings (SSSR count). The molecular formula is C23H26N2O2S. The van der Waals surface area contributed by atoms with E-state index in [4.69, 9.17) is 9.73 Å². The van der Waals surface area contributed by atoms with Crippen molar-refractivity contribution in [2.45, 2.75) is 33.1 Å². The fraction of sp³-hybridized carbons (Fsp3) is 0.304. The minimum Gasteiger partial charge on any atom is -0.494 e. The molecule has 0 aromatic heterocycles. The SMILES string of the molecule is CCCCOc1ccc(/C=C2\SC(=Nc3ccccc3CC)N(C)C2=O)cc1. The highest BCUT2D eigenvalue weighted by atomic mass is 32.2. The molecule has 0 bridgehead atoms. The van der Waals surface area contributed by atoms with Crippen molar-refractivity contribution in [1.29, 1.82) is 0 Å². The van der Waals surface area contributed by atoms with Crippen molar-refractivity contribution in [3.63, 3.8) is 0 Å². The third kappa shape index (κ3) is 4.84. The zero-order valence-electron chi connectivity index (χ0n) is 16.6. The van der Waals surface area contributed by atoms with Crippen molar-refractivity contribution in [3.8, 4) is 5.75 Å². The van der Waals surface area contributed by atoms with Gasteiger partial charge in [0.2, 0.25) is 0 Å². The van der Waals surface area contributed by atoms with E-state index in [9.17, 15) is 4.79 Å². The number of benzene rings is 2. The first-order valence-electron chi connectivity index (χ1n) is 9.69. The fourth-order valence-electron chi connectivity index (χ4n) is 2.82. The van der Waals surface area contributed by atoms with Crippen LogP contribution < -0.4 is 4.74 Å². The van der Waals surface area contributed by atoms with Crippen LogP contribution in [0, 0.1) is 0 Å². The van der Waals surface area contributed by atoms with Crippen molar-refractivity contribution in [3.05, 3.63) is 64.6 Å². The van der Waals surface area contributed by atoms with Gasteiger partial charge in [0.1, 0.15) is 5.75 Å². The molecule has 1 heterocycles. The van der Waals surface area contributed by atoms with Gasteiger partial charge in [-0.3, -0.25) is 9.69 Å². The normalized spacial score (nSPS) is 17.0. The van der Waals surface area contributed by atoms with Gasteiger partial charge in [-0.2, -0.15) is 0 Å². The zero-order chi connectivity index (χ0) is 19.9. The Bertz CT molecular complexity index is 888.